The zero-order valence-corrected chi connectivity index (χ0v) is 17.9. The van der Waals surface area contributed by atoms with E-state index in [1.165, 1.54) is 4.21 Å². The molecule has 2 N–H and O–H groups in total. The van der Waals surface area contributed by atoms with Gasteiger partial charge in [-0.05, 0) is 56.1 Å². The molecular formula is C20H20ClN3O2S2. The van der Waals surface area contributed by atoms with Gasteiger partial charge in [0.2, 0.25) is 0 Å². The lowest BCUT2D eigenvalue weighted by Crippen LogP contribution is -2.46. The lowest BCUT2D eigenvalue weighted by molar-refractivity contribution is 0.437. The molecule has 2 aromatic heterocycles. The van der Waals surface area contributed by atoms with E-state index >= 15 is 0 Å². The summed E-state index contributed by atoms with van der Waals surface area (Å²) < 4.78 is 1.18. The van der Waals surface area contributed by atoms with Gasteiger partial charge >= 0.3 is 0 Å². The van der Waals surface area contributed by atoms with Gasteiger partial charge in [-0.15, -0.1) is 23.1 Å². The van der Waals surface area contributed by atoms with Crippen LogP contribution in [0.3, 0.4) is 0 Å². The molecule has 3 rings (SSSR count). The van der Waals surface area contributed by atoms with Crippen LogP contribution in [0.5, 0.6) is 0 Å². The average Bonchev–Trinajstić information content (AvgIpc) is 3.08. The second kappa shape index (κ2) is 9.43. The molecule has 0 spiro atoms. The van der Waals surface area contributed by atoms with Crippen LogP contribution in [0.2, 0.25) is 5.02 Å². The zero-order valence-electron chi connectivity index (χ0n) is 15.5. The average molecular weight is 434 g/mol. The minimum Gasteiger partial charge on any atom is -0.316 e. The fourth-order valence-corrected chi connectivity index (χ4v) is 4.79. The van der Waals surface area contributed by atoms with E-state index in [4.69, 9.17) is 11.6 Å². The highest BCUT2D eigenvalue weighted by atomic mass is 35.5. The van der Waals surface area contributed by atoms with E-state index in [9.17, 15) is 9.59 Å². The lowest BCUT2D eigenvalue weighted by atomic mass is 10.2. The van der Waals surface area contributed by atoms with E-state index in [0.717, 1.165) is 22.7 Å². The third kappa shape index (κ3) is 5.72. The van der Waals surface area contributed by atoms with Crippen LogP contribution in [0.4, 0.5) is 0 Å². The Morgan fingerprint density at radius 2 is 1.64 bits per heavy atom. The quantitative estimate of drug-likeness (QED) is 0.584. The summed E-state index contributed by atoms with van der Waals surface area (Å²) in [7, 11) is 4.09. The molecule has 28 heavy (non-hydrogen) atoms. The van der Waals surface area contributed by atoms with Gasteiger partial charge in [0.25, 0.3) is 11.1 Å². The highest BCUT2D eigenvalue weighted by Crippen LogP contribution is 2.27. The number of aromatic amines is 2. The summed E-state index contributed by atoms with van der Waals surface area (Å²) in [6.45, 7) is 1.00. The van der Waals surface area contributed by atoms with Gasteiger partial charge < -0.3 is 14.9 Å². The van der Waals surface area contributed by atoms with Crippen LogP contribution in [0.1, 0.15) is 10.4 Å². The fraction of sp³-hybridized carbons (Fsp3) is 0.200. The number of rotatable bonds is 6. The molecule has 0 saturated carbocycles. The Hall–Kier alpha value is -2.06. The standard InChI is InChI=1S/C20H20ClN3O2S2/c1-24(2)9-10-27-18-8-7-15(28-18)12-17-20(26)22-16(19(25)23-17)11-13-3-5-14(21)6-4-13/h3-8,11-12H,9-10H2,1-2H3,(H,22,26)(H,23,25)/b16-11-,17-12-. The van der Waals surface area contributed by atoms with Gasteiger partial charge in [-0.3, -0.25) is 9.59 Å². The summed E-state index contributed by atoms with van der Waals surface area (Å²) >= 11 is 9.24. The number of hydrogen-bond acceptors (Lipinski definition) is 5. The molecule has 3 aromatic rings. The topological polar surface area (TPSA) is 69.0 Å². The van der Waals surface area contributed by atoms with Gasteiger partial charge in [-0.1, -0.05) is 23.7 Å². The number of thioether (sulfide) groups is 1. The van der Waals surface area contributed by atoms with E-state index in [0.29, 0.717) is 5.02 Å². The molecule has 2 heterocycles. The Morgan fingerprint density at radius 3 is 2.29 bits per heavy atom. The van der Waals surface area contributed by atoms with E-state index < -0.39 is 0 Å². The van der Waals surface area contributed by atoms with Gasteiger partial charge in [0, 0.05) is 22.2 Å². The maximum atomic E-state index is 12.4. The molecular weight excluding hydrogens is 414 g/mol. The van der Waals surface area contributed by atoms with Crippen molar-refractivity contribution < 1.29 is 0 Å². The Bertz CT molecular complexity index is 1180. The summed E-state index contributed by atoms with van der Waals surface area (Å²) in [5.74, 6) is 1.000. The fourth-order valence-electron chi connectivity index (χ4n) is 2.38. The third-order valence-corrected chi connectivity index (χ3v) is 6.33. The molecule has 0 amide bonds. The molecule has 0 atom stereocenters. The van der Waals surface area contributed by atoms with Crippen LogP contribution in [-0.4, -0.2) is 41.3 Å². The van der Waals surface area contributed by atoms with Crippen LogP contribution in [0.15, 0.2) is 50.2 Å². The normalized spacial score (nSPS) is 12.9. The number of nitrogens with zero attached hydrogens (tertiary/aromatic N) is 1. The number of H-pyrrole nitrogens is 2. The van der Waals surface area contributed by atoms with Crippen molar-refractivity contribution in [1.82, 2.24) is 14.9 Å². The van der Waals surface area contributed by atoms with Crippen LogP contribution >= 0.6 is 34.7 Å². The maximum absolute atomic E-state index is 12.4. The predicted octanol–water partition coefficient (Wildman–Crippen LogP) is 2.09. The number of thiophene rings is 1. The van der Waals surface area contributed by atoms with Crippen LogP contribution in [0.25, 0.3) is 12.2 Å². The highest BCUT2D eigenvalue weighted by molar-refractivity contribution is 8.01. The van der Waals surface area contributed by atoms with Gasteiger partial charge in [0.05, 0.1) is 4.21 Å². The molecule has 8 heteroatoms. The number of aromatic nitrogens is 2. The number of halogens is 1. The van der Waals surface area contributed by atoms with Crippen molar-refractivity contribution in [3.8, 4) is 0 Å². The van der Waals surface area contributed by atoms with Crippen molar-refractivity contribution in [2.45, 2.75) is 4.21 Å². The van der Waals surface area contributed by atoms with Gasteiger partial charge in [-0.2, -0.15) is 0 Å². The zero-order chi connectivity index (χ0) is 20.1. The smallest absolute Gasteiger partial charge is 0.272 e. The predicted molar refractivity (Wildman–Crippen MR) is 119 cm³/mol. The molecule has 0 unspecified atom stereocenters. The largest absolute Gasteiger partial charge is 0.316 e. The van der Waals surface area contributed by atoms with Crippen LogP contribution < -0.4 is 21.8 Å². The SMILES string of the molecule is CN(C)CCSc1ccc(/C=c2\[nH]c(=O)/c(=C/c3ccc(Cl)cc3)[nH]c2=O)s1. The van der Waals surface area contributed by atoms with Crippen molar-refractivity contribution in [1.29, 1.82) is 0 Å². The Labute approximate surface area is 175 Å². The first-order valence-corrected chi connectivity index (χ1v) is 10.8. The Morgan fingerprint density at radius 1 is 1.00 bits per heavy atom. The molecule has 0 radical (unpaired) electrons. The molecule has 0 aliphatic carbocycles. The number of nitrogens with one attached hydrogen (secondary N) is 2. The van der Waals surface area contributed by atoms with Gasteiger partial charge in [-0.25, -0.2) is 0 Å². The molecule has 0 aliphatic rings. The monoisotopic (exact) mass is 433 g/mol. The van der Waals surface area contributed by atoms with Crippen molar-refractivity contribution in [2.24, 2.45) is 0 Å². The first-order chi connectivity index (χ1) is 13.4. The number of benzene rings is 1. The first kappa shape index (κ1) is 20.7. The molecule has 146 valence electrons. The summed E-state index contributed by atoms with van der Waals surface area (Å²) in [5, 5.41) is 1.06. The van der Waals surface area contributed by atoms with Gasteiger partial charge in [0.1, 0.15) is 10.7 Å². The summed E-state index contributed by atoms with van der Waals surface area (Å²) in [4.78, 5) is 33.1. The third-order valence-electron chi connectivity index (χ3n) is 3.84. The molecule has 0 aliphatic heterocycles. The summed E-state index contributed by atoms with van der Waals surface area (Å²) in [6, 6.07) is 11.0. The van der Waals surface area contributed by atoms with Crippen molar-refractivity contribution in [3.63, 3.8) is 0 Å². The molecule has 0 fully saturated rings. The Balaban J connectivity index is 1.87. The van der Waals surface area contributed by atoms with E-state index in [1.54, 1.807) is 59.5 Å². The second-order valence-corrected chi connectivity index (χ2v) is 9.33. The molecule has 0 bridgehead atoms. The molecule has 5 nitrogen and oxygen atoms in total. The molecule has 1 aromatic carbocycles. The van der Waals surface area contributed by atoms with E-state index in [-0.39, 0.29) is 21.8 Å². The van der Waals surface area contributed by atoms with Crippen molar-refractivity contribution in [2.75, 3.05) is 26.4 Å². The minimum absolute atomic E-state index is 0.204. The molecule has 0 saturated heterocycles. The van der Waals surface area contributed by atoms with Crippen LogP contribution in [-0.2, 0) is 0 Å². The van der Waals surface area contributed by atoms with Crippen LogP contribution in [0, 0.1) is 0 Å². The van der Waals surface area contributed by atoms with Gasteiger partial charge in [0.15, 0.2) is 0 Å². The highest BCUT2D eigenvalue weighted by Gasteiger charge is 2.02. The van der Waals surface area contributed by atoms with Crippen molar-refractivity contribution >= 4 is 46.9 Å². The summed E-state index contributed by atoms with van der Waals surface area (Å²) in [6.07, 6.45) is 3.32. The maximum Gasteiger partial charge on any atom is 0.272 e. The van der Waals surface area contributed by atoms with E-state index in [2.05, 4.69) is 14.9 Å². The lowest BCUT2D eigenvalue weighted by Gasteiger charge is -2.07. The Kier molecular flexibility index (Phi) is 6.96. The van der Waals surface area contributed by atoms with Crippen molar-refractivity contribution in [3.05, 3.63) is 83.3 Å². The second-order valence-electron chi connectivity index (χ2n) is 6.38. The minimum atomic E-state index is -0.349. The van der Waals surface area contributed by atoms with E-state index in [1.807, 2.05) is 26.2 Å². The summed E-state index contributed by atoms with van der Waals surface area (Å²) in [5.41, 5.74) is 0.0906. The first-order valence-electron chi connectivity index (χ1n) is 8.60. The number of hydrogen-bond donors (Lipinski definition) is 2.